The molecule has 1 aliphatic carbocycles. The Bertz CT molecular complexity index is 1990. The number of methoxy groups -OCH3 is 4. The molecule has 0 saturated heterocycles. The van der Waals surface area contributed by atoms with Gasteiger partial charge in [-0.2, -0.15) is 11.8 Å². The lowest BCUT2D eigenvalue weighted by atomic mass is 9.95. The van der Waals surface area contributed by atoms with Crippen LogP contribution in [0.15, 0.2) is 47.3 Å². The number of aromatic nitrogens is 1. The van der Waals surface area contributed by atoms with E-state index >= 15 is 0 Å². The Morgan fingerprint density at radius 3 is 2.50 bits per heavy atom. The molecule has 2 aliphatic rings. The molecule has 12 heteroatoms. The van der Waals surface area contributed by atoms with E-state index in [-0.39, 0.29) is 17.2 Å². The van der Waals surface area contributed by atoms with Gasteiger partial charge in [-0.1, -0.05) is 6.07 Å². The van der Waals surface area contributed by atoms with Crippen molar-refractivity contribution in [3.8, 4) is 34.1 Å². The van der Waals surface area contributed by atoms with E-state index in [1.807, 2.05) is 41.5 Å². The minimum Gasteiger partial charge on any atom is -0.497 e. The molecule has 264 valence electrons. The minimum atomic E-state index is -0.629. The molecule has 1 aromatic heterocycles. The average molecular weight is 701 g/mol. The van der Waals surface area contributed by atoms with Crippen LogP contribution in [0.25, 0.3) is 22.0 Å². The summed E-state index contributed by atoms with van der Waals surface area (Å²) in [5, 5.41) is 7.44. The number of carbonyl (C=O) groups excluding carboxylic acids is 2. The van der Waals surface area contributed by atoms with Gasteiger partial charge >= 0.3 is 0 Å². The Hall–Kier alpha value is -4.84. The molecule has 0 unspecified atom stereocenters. The maximum absolute atomic E-state index is 14.3. The van der Waals surface area contributed by atoms with Gasteiger partial charge in [0.25, 0.3) is 0 Å². The molecular formula is C38H44N4O7S. The summed E-state index contributed by atoms with van der Waals surface area (Å²) >= 11 is 1.65. The van der Waals surface area contributed by atoms with Gasteiger partial charge in [-0.3, -0.25) is 14.4 Å². The van der Waals surface area contributed by atoms with Crippen molar-refractivity contribution in [3.63, 3.8) is 0 Å². The van der Waals surface area contributed by atoms with Gasteiger partial charge in [0.15, 0.2) is 11.5 Å². The normalized spacial score (nSPS) is 15.6. The predicted molar refractivity (Wildman–Crippen MR) is 197 cm³/mol. The van der Waals surface area contributed by atoms with Crippen molar-refractivity contribution in [2.24, 2.45) is 0 Å². The van der Waals surface area contributed by atoms with E-state index in [4.69, 9.17) is 18.9 Å². The van der Waals surface area contributed by atoms with Crippen LogP contribution in [-0.2, 0) is 29.0 Å². The molecule has 0 radical (unpaired) electrons. The third-order valence-electron chi connectivity index (χ3n) is 9.65. The Morgan fingerprint density at radius 2 is 1.80 bits per heavy atom. The van der Waals surface area contributed by atoms with Crippen LogP contribution in [0, 0.1) is 0 Å². The first kappa shape index (κ1) is 35.0. The largest absolute Gasteiger partial charge is 0.497 e. The fraction of sp³-hybridized carbons (Fsp3) is 0.395. The topological polar surface area (TPSA) is 131 Å². The minimum absolute atomic E-state index is 0.0608. The first-order valence-electron chi connectivity index (χ1n) is 16.7. The summed E-state index contributed by atoms with van der Waals surface area (Å²) in [5.41, 5.74) is 6.34. The number of hydrogen-bond acceptors (Lipinski definition) is 9. The lowest BCUT2D eigenvalue weighted by Crippen LogP contribution is -2.45. The van der Waals surface area contributed by atoms with E-state index in [1.54, 1.807) is 52.3 Å². The van der Waals surface area contributed by atoms with Crippen LogP contribution < -0.4 is 35.0 Å². The molecule has 0 fully saturated rings. The molecule has 2 amide bonds. The maximum atomic E-state index is 14.3. The smallest absolute Gasteiger partial charge is 0.245 e. The van der Waals surface area contributed by atoms with Crippen molar-refractivity contribution in [1.29, 1.82) is 0 Å². The second-order valence-corrected chi connectivity index (χ2v) is 13.6. The number of nitrogens with zero attached hydrogens (tertiary/aromatic N) is 1. The Morgan fingerprint density at radius 1 is 1.00 bits per heavy atom. The number of rotatable bonds is 11. The van der Waals surface area contributed by atoms with E-state index in [0.717, 1.165) is 50.4 Å². The predicted octanol–water partition coefficient (Wildman–Crippen LogP) is 5.47. The lowest BCUT2D eigenvalue weighted by molar-refractivity contribution is -0.133. The number of ether oxygens (including phenoxy) is 4. The highest BCUT2D eigenvalue weighted by atomic mass is 32.2. The van der Waals surface area contributed by atoms with Crippen molar-refractivity contribution in [2.45, 2.75) is 51.2 Å². The zero-order valence-electron chi connectivity index (χ0n) is 29.4. The summed E-state index contributed by atoms with van der Waals surface area (Å²) in [7, 11) is 6.34. The van der Waals surface area contributed by atoms with Crippen molar-refractivity contribution in [3.05, 3.63) is 75.1 Å². The number of amides is 2. The van der Waals surface area contributed by atoms with Gasteiger partial charge in [0.1, 0.15) is 11.8 Å². The van der Waals surface area contributed by atoms with E-state index in [1.165, 1.54) is 6.92 Å². The monoisotopic (exact) mass is 700 g/mol. The SMILES string of the molecule is COc1ccc2[nH]c3c(c2c1)CN(C(=O)[C@H](CCSC)Nc1ccc2c(cc1=O)[C@@H](NC(C)=O)CCc1cc(OC)c(OC)c(OC)c1-2)CC3. The number of fused-ring (bicyclic) bond motifs is 6. The molecule has 3 N–H and O–H groups in total. The molecule has 3 aromatic carbocycles. The number of carbonyl (C=O) groups is 2. The number of hydrogen-bond donors (Lipinski definition) is 3. The number of aryl methyl sites for hydroxylation is 1. The number of anilines is 1. The van der Waals surface area contributed by atoms with Gasteiger partial charge in [0.2, 0.25) is 23.0 Å². The second-order valence-electron chi connectivity index (χ2n) is 12.6. The summed E-state index contributed by atoms with van der Waals surface area (Å²) in [5.74, 6) is 2.67. The van der Waals surface area contributed by atoms with Crippen LogP contribution in [-0.4, -0.2) is 74.7 Å². The number of benzene rings is 2. The molecule has 2 atom stereocenters. The van der Waals surface area contributed by atoms with E-state index in [2.05, 4.69) is 15.6 Å². The highest BCUT2D eigenvalue weighted by Crippen LogP contribution is 2.50. The Labute approximate surface area is 296 Å². The molecule has 0 spiro atoms. The van der Waals surface area contributed by atoms with Gasteiger partial charge in [-0.25, -0.2) is 0 Å². The quantitative estimate of drug-likeness (QED) is 0.186. The number of aromatic amines is 1. The highest BCUT2D eigenvalue weighted by Gasteiger charge is 2.32. The summed E-state index contributed by atoms with van der Waals surface area (Å²) < 4.78 is 22.7. The van der Waals surface area contributed by atoms with Crippen molar-refractivity contribution < 1.29 is 28.5 Å². The fourth-order valence-corrected chi connectivity index (χ4v) is 7.71. The molecule has 0 bridgehead atoms. The first-order chi connectivity index (χ1) is 24.2. The highest BCUT2D eigenvalue weighted by molar-refractivity contribution is 7.98. The molecule has 11 nitrogen and oxygen atoms in total. The van der Waals surface area contributed by atoms with Crippen LogP contribution in [0.4, 0.5) is 5.69 Å². The first-order valence-corrected chi connectivity index (χ1v) is 18.1. The van der Waals surface area contributed by atoms with Gasteiger partial charge in [-0.05, 0) is 84.4 Å². The van der Waals surface area contributed by atoms with Crippen LogP contribution in [0.1, 0.15) is 48.2 Å². The standard InChI is InChI=1S/C38H44N4O7S/c1-21(43)39-28-10-7-22-17-34(47-3)36(48-4)37(49-5)35(22)24-9-12-31(33(44)19-26(24)28)41-32(14-16-50-6)38(45)42-15-13-30-27(20-42)25-18-23(46-2)8-11-29(25)40-30/h8-9,11-12,17-19,28,32,40H,7,10,13-16,20H2,1-6H3,(H,39,43)(H,41,44)/t28-,32-/m0/s1. The van der Waals surface area contributed by atoms with Crippen LogP contribution in [0.3, 0.4) is 0 Å². The second kappa shape index (κ2) is 15.0. The molecule has 1 aliphatic heterocycles. The Balaban J connectivity index is 1.39. The van der Waals surface area contributed by atoms with Gasteiger partial charge < -0.3 is 39.5 Å². The van der Waals surface area contributed by atoms with Crippen molar-refractivity contribution >= 4 is 40.2 Å². The Kier molecular flexibility index (Phi) is 10.5. The third-order valence-corrected chi connectivity index (χ3v) is 10.3. The number of thioether (sulfide) groups is 1. The van der Waals surface area contributed by atoms with Crippen molar-refractivity contribution in [1.82, 2.24) is 15.2 Å². The number of nitrogens with one attached hydrogen (secondary N) is 3. The van der Waals surface area contributed by atoms with Gasteiger partial charge in [-0.15, -0.1) is 0 Å². The summed E-state index contributed by atoms with van der Waals surface area (Å²) in [6.45, 7) is 2.49. The fourth-order valence-electron chi connectivity index (χ4n) is 7.24. The molecular weight excluding hydrogens is 657 g/mol. The average Bonchev–Trinajstić information content (AvgIpc) is 3.33. The molecule has 2 heterocycles. The lowest BCUT2D eigenvalue weighted by Gasteiger charge is -2.31. The van der Waals surface area contributed by atoms with Gasteiger partial charge in [0.05, 0.1) is 40.2 Å². The molecule has 4 aromatic rings. The van der Waals surface area contributed by atoms with E-state index in [9.17, 15) is 14.4 Å². The van der Waals surface area contributed by atoms with Crippen LogP contribution >= 0.6 is 11.8 Å². The van der Waals surface area contributed by atoms with E-state index in [0.29, 0.717) is 67.3 Å². The van der Waals surface area contributed by atoms with Crippen molar-refractivity contribution in [2.75, 3.05) is 52.3 Å². The number of H-pyrrole nitrogens is 1. The summed E-state index contributed by atoms with van der Waals surface area (Å²) in [4.78, 5) is 46.1. The zero-order chi connectivity index (χ0) is 35.5. The summed E-state index contributed by atoms with van der Waals surface area (Å²) in [6, 6.07) is 12.0. The van der Waals surface area contributed by atoms with Crippen LogP contribution in [0.5, 0.6) is 23.0 Å². The zero-order valence-corrected chi connectivity index (χ0v) is 30.2. The molecule has 50 heavy (non-hydrogen) atoms. The molecule has 6 rings (SSSR count). The van der Waals surface area contributed by atoms with Gasteiger partial charge in [0, 0.05) is 54.2 Å². The van der Waals surface area contributed by atoms with Crippen LogP contribution in [0.2, 0.25) is 0 Å². The third kappa shape index (κ3) is 6.68. The summed E-state index contributed by atoms with van der Waals surface area (Å²) in [6.07, 6.45) is 4.39. The maximum Gasteiger partial charge on any atom is 0.245 e. The van der Waals surface area contributed by atoms with E-state index < -0.39 is 12.1 Å². The molecule has 0 saturated carbocycles.